The Bertz CT molecular complexity index is 1470. The van der Waals surface area contributed by atoms with E-state index >= 15 is 0 Å². The van der Waals surface area contributed by atoms with Gasteiger partial charge in [-0.25, -0.2) is 4.98 Å². The Morgan fingerprint density at radius 2 is 1.57 bits per heavy atom. The molecule has 1 heterocycles. The Morgan fingerprint density at radius 1 is 0.943 bits per heavy atom. The molecule has 1 N–H and O–H groups in total. The number of carbonyl (C=O) groups is 2. The molecule has 3 aromatic carbocycles. The minimum Gasteiger partial charge on any atom is -0.324 e. The smallest absolute Gasteiger partial charge is 0.295 e. The molecule has 0 spiro atoms. The van der Waals surface area contributed by atoms with Crippen LogP contribution in [0.1, 0.15) is 36.6 Å². The zero-order valence-electron chi connectivity index (χ0n) is 20.3. The average Bonchev–Trinajstić information content (AvgIpc) is 2.84. The standard InChI is InChI=1S/C28H28N4O3/c1-18-11-5-7-13-22(18)17-31(21(4)33)26-28(35)32(25-16-10-9-15-24(25)29-26)20(3)27(34)30-23-14-8-6-12-19(23)2/h5-16,20H,17H2,1-4H3,(H,30,34)/t20-/m1/s1. The van der Waals surface area contributed by atoms with Crippen LogP contribution < -0.4 is 15.8 Å². The fourth-order valence-electron chi connectivity index (χ4n) is 4.06. The third kappa shape index (κ3) is 4.84. The number of rotatable bonds is 6. The van der Waals surface area contributed by atoms with Crippen LogP contribution in [0.25, 0.3) is 11.0 Å². The summed E-state index contributed by atoms with van der Waals surface area (Å²) in [4.78, 5) is 45.7. The summed E-state index contributed by atoms with van der Waals surface area (Å²) in [5.74, 6) is -0.649. The molecule has 0 radical (unpaired) electrons. The molecule has 0 aliphatic rings. The molecule has 178 valence electrons. The number of fused-ring (bicyclic) bond motifs is 1. The molecular formula is C28H28N4O3. The van der Waals surface area contributed by atoms with E-state index in [-0.39, 0.29) is 24.2 Å². The minimum absolute atomic E-state index is 0.00463. The molecule has 0 aliphatic heterocycles. The summed E-state index contributed by atoms with van der Waals surface area (Å²) in [6.45, 7) is 7.14. The molecule has 4 rings (SSSR count). The molecule has 0 aliphatic carbocycles. The summed E-state index contributed by atoms with van der Waals surface area (Å²) in [7, 11) is 0. The van der Waals surface area contributed by atoms with Crippen molar-refractivity contribution in [2.75, 3.05) is 10.2 Å². The first-order valence-corrected chi connectivity index (χ1v) is 11.5. The van der Waals surface area contributed by atoms with Crippen molar-refractivity contribution in [3.05, 3.63) is 99.8 Å². The van der Waals surface area contributed by atoms with Crippen molar-refractivity contribution in [3.8, 4) is 0 Å². The van der Waals surface area contributed by atoms with Gasteiger partial charge in [-0.05, 0) is 55.7 Å². The first kappa shape index (κ1) is 23.9. The molecule has 7 heteroatoms. The van der Waals surface area contributed by atoms with Gasteiger partial charge in [0.15, 0.2) is 0 Å². The average molecular weight is 469 g/mol. The van der Waals surface area contributed by atoms with Crippen LogP contribution in [0.15, 0.2) is 77.6 Å². The number of para-hydroxylation sites is 3. The highest BCUT2D eigenvalue weighted by Gasteiger charge is 2.26. The second kappa shape index (κ2) is 9.93. The Kier molecular flexibility index (Phi) is 6.78. The van der Waals surface area contributed by atoms with Gasteiger partial charge < -0.3 is 5.32 Å². The van der Waals surface area contributed by atoms with E-state index in [9.17, 15) is 14.4 Å². The molecule has 1 aromatic heterocycles. The van der Waals surface area contributed by atoms with Crippen molar-refractivity contribution < 1.29 is 9.59 Å². The van der Waals surface area contributed by atoms with Crippen molar-refractivity contribution >= 4 is 34.4 Å². The van der Waals surface area contributed by atoms with Gasteiger partial charge in [-0.3, -0.25) is 23.9 Å². The summed E-state index contributed by atoms with van der Waals surface area (Å²) >= 11 is 0. The Balaban J connectivity index is 1.82. The fraction of sp³-hybridized carbons (Fsp3) is 0.214. The summed E-state index contributed by atoms with van der Waals surface area (Å²) in [6.07, 6.45) is 0. The first-order chi connectivity index (χ1) is 16.8. The number of hydrogen-bond acceptors (Lipinski definition) is 4. The monoisotopic (exact) mass is 468 g/mol. The topological polar surface area (TPSA) is 84.3 Å². The molecule has 35 heavy (non-hydrogen) atoms. The maximum absolute atomic E-state index is 13.8. The van der Waals surface area contributed by atoms with Crippen LogP contribution in [-0.2, 0) is 16.1 Å². The molecule has 0 saturated heterocycles. The Morgan fingerprint density at radius 3 is 2.26 bits per heavy atom. The predicted octanol–water partition coefficient (Wildman–Crippen LogP) is 4.77. The second-order valence-corrected chi connectivity index (χ2v) is 8.61. The Hall–Kier alpha value is -4.26. The van der Waals surface area contributed by atoms with E-state index in [1.165, 1.54) is 16.4 Å². The highest BCUT2D eigenvalue weighted by atomic mass is 16.2. The summed E-state index contributed by atoms with van der Waals surface area (Å²) in [6, 6.07) is 21.4. The first-order valence-electron chi connectivity index (χ1n) is 11.5. The van der Waals surface area contributed by atoms with Gasteiger partial charge in [-0.2, -0.15) is 0 Å². The zero-order chi connectivity index (χ0) is 25.1. The number of nitrogens with one attached hydrogen (secondary N) is 1. The molecule has 2 amide bonds. The van der Waals surface area contributed by atoms with E-state index in [1.54, 1.807) is 25.1 Å². The van der Waals surface area contributed by atoms with Crippen molar-refractivity contribution in [1.29, 1.82) is 0 Å². The van der Waals surface area contributed by atoms with Gasteiger partial charge in [0.2, 0.25) is 17.6 Å². The van der Waals surface area contributed by atoms with Gasteiger partial charge in [-0.1, -0.05) is 54.6 Å². The maximum Gasteiger partial charge on any atom is 0.295 e. The number of anilines is 2. The lowest BCUT2D eigenvalue weighted by Crippen LogP contribution is -2.39. The van der Waals surface area contributed by atoms with Gasteiger partial charge in [0, 0.05) is 12.6 Å². The summed E-state index contributed by atoms with van der Waals surface area (Å²) in [5, 5.41) is 2.92. The largest absolute Gasteiger partial charge is 0.324 e. The zero-order valence-corrected chi connectivity index (χ0v) is 20.3. The van der Waals surface area contributed by atoms with Crippen molar-refractivity contribution in [2.24, 2.45) is 0 Å². The van der Waals surface area contributed by atoms with Crippen molar-refractivity contribution in [3.63, 3.8) is 0 Å². The molecule has 0 fully saturated rings. The molecule has 0 unspecified atom stereocenters. The molecule has 1 atom stereocenters. The van der Waals surface area contributed by atoms with Crippen LogP contribution in [0.4, 0.5) is 11.5 Å². The third-order valence-electron chi connectivity index (χ3n) is 6.17. The van der Waals surface area contributed by atoms with Gasteiger partial charge in [-0.15, -0.1) is 0 Å². The quantitative estimate of drug-likeness (QED) is 0.442. The van der Waals surface area contributed by atoms with Gasteiger partial charge in [0.05, 0.1) is 17.6 Å². The highest BCUT2D eigenvalue weighted by molar-refractivity contribution is 5.96. The number of benzene rings is 3. The predicted molar refractivity (Wildman–Crippen MR) is 139 cm³/mol. The van der Waals surface area contributed by atoms with Crippen molar-refractivity contribution in [2.45, 2.75) is 40.3 Å². The lowest BCUT2D eigenvalue weighted by atomic mass is 10.1. The highest BCUT2D eigenvalue weighted by Crippen LogP contribution is 2.22. The number of hydrogen-bond donors (Lipinski definition) is 1. The number of amides is 2. The SMILES string of the molecule is CC(=O)N(Cc1ccccc1C)c1nc2ccccc2n([C@H](C)C(=O)Nc2ccccc2C)c1=O. The number of aryl methyl sites for hydroxylation is 2. The van der Waals surface area contributed by atoms with E-state index in [1.807, 2.05) is 68.4 Å². The van der Waals surface area contributed by atoms with E-state index in [2.05, 4.69) is 10.3 Å². The fourth-order valence-corrected chi connectivity index (χ4v) is 4.06. The Labute approximate surface area is 204 Å². The maximum atomic E-state index is 13.8. The van der Waals surface area contributed by atoms with Gasteiger partial charge in [0.1, 0.15) is 6.04 Å². The summed E-state index contributed by atoms with van der Waals surface area (Å²) < 4.78 is 1.42. The van der Waals surface area contributed by atoms with Crippen LogP contribution >= 0.6 is 0 Å². The minimum atomic E-state index is -0.846. The lowest BCUT2D eigenvalue weighted by molar-refractivity contribution is -0.118. The van der Waals surface area contributed by atoms with Crippen molar-refractivity contribution in [1.82, 2.24) is 9.55 Å². The van der Waals surface area contributed by atoms with Gasteiger partial charge in [0.25, 0.3) is 5.56 Å². The van der Waals surface area contributed by atoms with Crippen LogP contribution in [0.2, 0.25) is 0 Å². The van der Waals surface area contributed by atoms with Crippen LogP contribution in [0.3, 0.4) is 0 Å². The van der Waals surface area contributed by atoms with E-state index in [0.717, 1.165) is 16.7 Å². The van der Waals surface area contributed by atoms with E-state index in [4.69, 9.17) is 0 Å². The second-order valence-electron chi connectivity index (χ2n) is 8.61. The molecule has 0 bridgehead atoms. The van der Waals surface area contributed by atoms with Gasteiger partial charge >= 0.3 is 0 Å². The normalized spacial score (nSPS) is 11.8. The van der Waals surface area contributed by atoms with E-state index < -0.39 is 11.6 Å². The van der Waals surface area contributed by atoms with Crippen LogP contribution in [0, 0.1) is 13.8 Å². The third-order valence-corrected chi connectivity index (χ3v) is 6.17. The lowest BCUT2D eigenvalue weighted by Gasteiger charge is -2.24. The molecule has 4 aromatic rings. The number of aromatic nitrogens is 2. The summed E-state index contributed by atoms with van der Waals surface area (Å²) in [5.41, 5.74) is 4.06. The van der Waals surface area contributed by atoms with E-state index in [0.29, 0.717) is 16.7 Å². The number of nitrogens with zero attached hydrogens (tertiary/aromatic N) is 3. The molecule has 7 nitrogen and oxygen atoms in total. The van der Waals surface area contributed by atoms with Crippen LogP contribution in [-0.4, -0.2) is 21.4 Å². The molecular weight excluding hydrogens is 440 g/mol. The molecule has 0 saturated carbocycles. The van der Waals surface area contributed by atoms with Crippen LogP contribution in [0.5, 0.6) is 0 Å². The number of carbonyl (C=O) groups excluding carboxylic acids is 2.